The van der Waals surface area contributed by atoms with Crippen LogP contribution >= 0.6 is 22.6 Å². The topological polar surface area (TPSA) is 60.1 Å². The molecular weight excluding hydrogens is 290 g/mol. The van der Waals surface area contributed by atoms with E-state index in [0.717, 1.165) is 11.0 Å². The van der Waals surface area contributed by atoms with Crippen LogP contribution in [0.15, 0.2) is 17.5 Å². The van der Waals surface area contributed by atoms with Crippen molar-refractivity contribution in [2.75, 3.05) is 0 Å². The minimum absolute atomic E-state index is 0.265. The molecule has 66 valence electrons. The van der Waals surface area contributed by atoms with Crippen LogP contribution in [0.1, 0.15) is 0 Å². The van der Waals surface area contributed by atoms with E-state index in [4.69, 9.17) is 0 Å². The highest BCUT2D eigenvalue weighted by atomic mass is 127. The predicted octanol–water partition coefficient (Wildman–Crippen LogP) is 1.70. The fourth-order valence-corrected chi connectivity index (χ4v) is 1.59. The molecule has 2 heterocycles. The lowest BCUT2D eigenvalue weighted by molar-refractivity contribution is 0.623. The Balaban J connectivity index is 2.88. The molecule has 0 atom stereocenters. The van der Waals surface area contributed by atoms with Crippen LogP contribution < -0.4 is 0 Å². The molecule has 13 heavy (non-hydrogen) atoms. The van der Waals surface area contributed by atoms with E-state index in [1.54, 1.807) is 0 Å². The van der Waals surface area contributed by atoms with E-state index in [1.165, 1.54) is 6.07 Å². The number of fused-ring (bicyclic) bond motifs is 1. The number of hydrogen-bond donors (Lipinski definition) is 0. The lowest BCUT2D eigenvalue weighted by Gasteiger charge is -1.89. The zero-order chi connectivity index (χ0) is 9.42. The van der Waals surface area contributed by atoms with Crippen LogP contribution in [0.2, 0.25) is 0 Å². The molecule has 0 N–H and O–H groups in total. The van der Waals surface area contributed by atoms with Crippen LogP contribution in [-0.2, 0) is 0 Å². The summed E-state index contributed by atoms with van der Waals surface area (Å²) in [5.74, 6) is -0.462. The smallest absolute Gasteiger partial charge is 0.187 e. The van der Waals surface area contributed by atoms with E-state index >= 15 is 0 Å². The number of rotatable bonds is 1. The molecule has 2 rings (SSSR count). The molecule has 0 aromatic carbocycles. The Morgan fingerprint density at radius 2 is 2.38 bits per heavy atom. The van der Waals surface area contributed by atoms with E-state index in [2.05, 4.69) is 15.4 Å². The van der Waals surface area contributed by atoms with Gasteiger partial charge in [-0.3, -0.25) is 0 Å². The molecule has 2 aromatic rings. The standard InChI is InChI=1S/C6H2FIN4O/c7-3-1-4-5(8)10-12(11-13)6(4)9-2-3/h1-2H. The fraction of sp³-hybridized carbons (Fsp3) is 0. The summed E-state index contributed by atoms with van der Waals surface area (Å²) < 4.78 is 13.2. The summed E-state index contributed by atoms with van der Waals surface area (Å²) in [5, 5.41) is 6.85. The second kappa shape index (κ2) is 2.98. The van der Waals surface area contributed by atoms with Gasteiger partial charge in [0.05, 0.1) is 16.9 Å². The van der Waals surface area contributed by atoms with Gasteiger partial charge in [-0.25, -0.2) is 9.37 Å². The molecule has 0 aliphatic carbocycles. The Morgan fingerprint density at radius 3 is 3.08 bits per heavy atom. The van der Waals surface area contributed by atoms with E-state index in [9.17, 15) is 9.30 Å². The zero-order valence-electron chi connectivity index (χ0n) is 6.11. The van der Waals surface area contributed by atoms with Crippen LogP contribution in [0, 0.1) is 14.4 Å². The molecule has 0 aliphatic heterocycles. The first-order valence-electron chi connectivity index (χ1n) is 3.26. The third kappa shape index (κ3) is 1.28. The molecule has 0 saturated heterocycles. The highest BCUT2D eigenvalue weighted by Gasteiger charge is 2.10. The molecule has 0 saturated carbocycles. The summed E-state index contributed by atoms with van der Waals surface area (Å²) in [4.78, 5) is 14.8. The molecule has 0 amide bonds. The second-order valence-electron chi connectivity index (χ2n) is 2.29. The molecule has 0 radical (unpaired) electrons. The predicted molar refractivity (Wildman–Crippen MR) is 51.4 cm³/mol. The van der Waals surface area contributed by atoms with Crippen LogP contribution in [0.3, 0.4) is 0 Å². The summed E-state index contributed by atoms with van der Waals surface area (Å²) in [6.45, 7) is 0. The Hall–Kier alpha value is -1.12. The summed E-state index contributed by atoms with van der Waals surface area (Å²) in [6.07, 6.45) is 1.02. The van der Waals surface area contributed by atoms with Crippen molar-refractivity contribution in [2.24, 2.45) is 5.29 Å². The molecule has 0 unspecified atom stereocenters. The van der Waals surface area contributed by atoms with Crippen LogP contribution in [0.5, 0.6) is 0 Å². The van der Waals surface area contributed by atoms with Gasteiger partial charge < -0.3 is 0 Å². The summed E-state index contributed by atoms with van der Waals surface area (Å²) in [5.41, 5.74) is 0.265. The second-order valence-corrected chi connectivity index (χ2v) is 3.31. The van der Waals surface area contributed by atoms with Crippen molar-refractivity contribution in [3.8, 4) is 0 Å². The number of nitroso groups, excluding NO2 is 1. The maximum Gasteiger partial charge on any atom is 0.187 e. The Morgan fingerprint density at radius 1 is 1.62 bits per heavy atom. The molecule has 0 spiro atoms. The molecular formula is C6H2FIN4O. The summed E-state index contributed by atoms with van der Waals surface area (Å²) in [7, 11) is 0. The van der Waals surface area contributed by atoms with Crippen LogP contribution in [0.4, 0.5) is 4.39 Å². The molecule has 2 aromatic heterocycles. The minimum atomic E-state index is -0.462. The first kappa shape index (κ1) is 8.48. The Kier molecular flexibility index (Phi) is 1.94. The Bertz CT molecular complexity index is 483. The quantitative estimate of drug-likeness (QED) is 0.593. The minimum Gasteiger partial charge on any atom is -0.232 e. The lowest BCUT2D eigenvalue weighted by atomic mass is 10.3. The average molecular weight is 292 g/mol. The van der Waals surface area contributed by atoms with Gasteiger partial charge in [-0.2, -0.15) is 0 Å². The summed E-state index contributed by atoms with van der Waals surface area (Å²) >= 11 is 1.88. The maximum absolute atomic E-state index is 12.7. The van der Waals surface area contributed by atoms with E-state index < -0.39 is 5.82 Å². The van der Waals surface area contributed by atoms with E-state index in [-0.39, 0.29) is 5.65 Å². The summed E-state index contributed by atoms with van der Waals surface area (Å²) in [6, 6.07) is 1.26. The number of hydrogen-bond acceptors (Lipinski definition) is 4. The SMILES string of the molecule is O=Nn1nc(I)c2cc(F)cnc21. The Labute approximate surface area is 85.0 Å². The third-order valence-corrected chi connectivity index (χ3v) is 2.30. The van der Waals surface area contributed by atoms with Gasteiger partial charge in [-0.1, -0.05) is 4.79 Å². The van der Waals surface area contributed by atoms with Crippen molar-refractivity contribution in [3.05, 3.63) is 26.7 Å². The highest BCUT2D eigenvalue weighted by Crippen LogP contribution is 2.18. The third-order valence-electron chi connectivity index (χ3n) is 1.50. The molecule has 0 aliphatic rings. The van der Waals surface area contributed by atoms with Crippen molar-refractivity contribution >= 4 is 33.6 Å². The van der Waals surface area contributed by atoms with Gasteiger partial charge >= 0.3 is 0 Å². The number of nitrogens with zero attached hydrogens (tertiary/aromatic N) is 4. The number of aromatic nitrogens is 3. The first-order chi connectivity index (χ1) is 6.22. The van der Waals surface area contributed by atoms with Crippen molar-refractivity contribution in [2.45, 2.75) is 0 Å². The lowest BCUT2D eigenvalue weighted by Crippen LogP contribution is -1.90. The fourth-order valence-electron chi connectivity index (χ4n) is 0.985. The van der Waals surface area contributed by atoms with Crippen LogP contribution in [-0.4, -0.2) is 14.9 Å². The normalized spacial score (nSPS) is 10.6. The van der Waals surface area contributed by atoms with Gasteiger partial charge in [0.2, 0.25) is 0 Å². The van der Waals surface area contributed by atoms with Gasteiger partial charge in [-0.15, -0.1) is 10.0 Å². The van der Waals surface area contributed by atoms with Crippen LogP contribution in [0.25, 0.3) is 11.0 Å². The van der Waals surface area contributed by atoms with Crippen molar-refractivity contribution in [3.63, 3.8) is 0 Å². The monoisotopic (exact) mass is 292 g/mol. The average Bonchev–Trinajstić information content (AvgIpc) is 2.43. The van der Waals surface area contributed by atoms with E-state index in [1.807, 2.05) is 22.6 Å². The van der Waals surface area contributed by atoms with Gasteiger partial charge in [0, 0.05) is 0 Å². The van der Waals surface area contributed by atoms with E-state index in [0.29, 0.717) is 9.09 Å². The number of pyridine rings is 1. The maximum atomic E-state index is 12.7. The highest BCUT2D eigenvalue weighted by molar-refractivity contribution is 14.1. The molecule has 0 fully saturated rings. The molecule has 7 heteroatoms. The van der Waals surface area contributed by atoms with Crippen molar-refractivity contribution in [1.82, 2.24) is 14.9 Å². The van der Waals surface area contributed by atoms with Crippen molar-refractivity contribution < 1.29 is 4.39 Å². The largest absolute Gasteiger partial charge is 0.232 e. The number of halogens is 2. The van der Waals surface area contributed by atoms with Gasteiger partial charge in [0.1, 0.15) is 9.52 Å². The van der Waals surface area contributed by atoms with Gasteiger partial charge in [0.15, 0.2) is 5.65 Å². The molecule has 0 bridgehead atoms. The molecule has 5 nitrogen and oxygen atoms in total. The van der Waals surface area contributed by atoms with Crippen molar-refractivity contribution in [1.29, 1.82) is 0 Å². The first-order valence-corrected chi connectivity index (χ1v) is 4.33. The van der Waals surface area contributed by atoms with Gasteiger partial charge in [-0.05, 0) is 28.7 Å². The van der Waals surface area contributed by atoms with Gasteiger partial charge in [0.25, 0.3) is 0 Å². The zero-order valence-corrected chi connectivity index (χ0v) is 8.27.